The van der Waals surface area contributed by atoms with E-state index < -0.39 is 0 Å². The van der Waals surface area contributed by atoms with Gasteiger partial charge in [0.2, 0.25) is 11.9 Å². The molecule has 1 aromatic carbocycles. The molecule has 0 atom stereocenters. The monoisotopic (exact) mass is 318 g/mol. The summed E-state index contributed by atoms with van der Waals surface area (Å²) in [6, 6.07) is 15.0. The molecule has 3 rings (SSSR count). The molecule has 0 unspecified atom stereocenters. The first-order valence-electron chi connectivity index (χ1n) is 7.16. The summed E-state index contributed by atoms with van der Waals surface area (Å²) in [7, 11) is 0. The van der Waals surface area contributed by atoms with Crippen LogP contribution in [0.15, 0.2) is 46.9 Å². The number of rotatable bonds is 4. The molecule has 3 N–H and O–H groups in total. The van der Waals surface area contributed by atoms with Gasteiger partial charge in [0.15, 0.2) is 5.82 Å². The molecule has 0 saturated carbocycles. The van der Waals surface area contributed by atoms with Crippen LogP contribution in [-0.2, 0) is 0 Å². The maximum atomic E-state index is 9.40. The molecule has 0 fully saturated rings. The molecule has 2 aromatic heterocycles. The molecule has 0 aliphatic heterocycles. The van der Waals surface area contributed by atoms with E-state index in [1.165, 1.54) is 0 Å². The fraction of sp³-hybridized carbons (Fsp3) is 0.0588. The minimum atomic E-state index is 0.0233. The van der Waals surface area contributed by atoms with Crippen LogP contribution < -0.4 is 11.1 Å². The molecule has 0 aliphatic carbocycles. The zero-order valence-electron chi connectivity index (χ0n) is 12.9. The van der Waals surface area contributed by atoms with Gasteiger partial charge in [-0.3, -0.25) is 0 Å². The van der Waals surface area contributed by atoms with Gasteiger partial charge in [-0.25, -0.2) is 0 Å². The molecule has 0 aliphatic rings. The number of nitrogens with one attached hydrogen (secondary N) is 1. The Morgan fingerprint density at radius 1 is 1.17 bits per heavy atom. The predicted molar refractivity (Wildman–Crippen MR) is 90.9 cm³/mol. The molecular formula is C17H14N6O. The highest BCUT2D eigenvalue weighted by Gasteiger charge is 2.11. The quantitative estimate of drug-likeness (QED) is 0.710. The van der Waals surface area contributed by atoms with Gasteiger partial charge in [0.25, 0.3) is 0 Å². The van der Waals surface area contributed by atoms with Crippen molar-refractivity contribution in [3.63, 3.8) is 0 Å². The molecule has 118 valence electrons. The summed E-state index contributed by atoms with van der Waals surface area (Å²) in [6.45, 7) is 1.83. The van der Waals surface area contributed by atoms with Crippen molar-refractivity contribution >= 4 is 29.2 Å². The van der Waals surface area contributed by atoms with Gasteiger partial charge < -0.3 is 15.5 Å². The SMILES string of the molecule is Cc1ccc(/C=C(/C#N)c2nc(N)nc(Nc3ccccc3)n2)o1. The number of benzene rings is 1. The minimum absolute atomic E-state index is 0.0233. The Kier molecular flexibility index (Phi) is 4.21. The molecule has 2 heterocycles. The molecule has 7 heteroatoms. The number of nitrogens with two attached hydrogens (primary N) is 1. The molecule has 3 aromatic rings. The standard InChI is InChI=1S/C17H14N6O/c1-11-7-8-14(24-11)9-12(10-18)15-21-16(19)23-17(22-15)20-13-5-3-2-4-6-13/h2-9H,1H3,(H3,19,20,21,22,23)/b12-9-. The minimum Gasteiger partial charge on any atom is -0.462 e. The molecule has 0 saturated heterocycles. The van der Waals surface area contributed by atoms with Gasteiger partial charge in [0.05, 0.1) is 0 Å². The normalized spacial score (nSPS) is 11.1. The van der Waals surface area contributed by atoms with Gasteiger partial charge in [0.1, 0.15) is 23.2 Å². The van der Waals surface area contributed by atoms with Gasteiger partial charge in [-0.2, -0.15) is 20.2 Å². The van der Waals surface area contributed by atoms with Crippen molar-refractivity contribution in [3.05, 3.63) is 59.8 Å². The van der Waals surface area contributed by atoms with Crippen molar-refractivity contribution < 1.29 is 4.42 Å². The molecular weight excluding hydrogens is 304 g/mol. The highest BCUT2D eigenvalue weighted by Crippen LogP contribution is 2.19. The van der Waals surface area contributed by atoms with Crippen molar-refractivity contribution in [3.8, 4) is 6.07 Å². The van der Waals surface area contributed by atoms with Crippen LogP contribution >= 0.6 is 0 Å². The second-order valence-electron chi connectivity index (χ2n) is 4.95. The first-order valence-corrected chi connectivity index (χ1v) is 7.16. The van der Waals surface area contributed by atoms with Gasteiger partial charge in [-0.1, -0.05) is 18.2 Å². The Balaban J connectivity index is 1.95. The van der Waals surface area contributed by atoms with Crippen molar-refractivity contribution in [1.29, 1.82) is 5.26 Å². The third-order valence-electron chi connectivity index (χ3n) is 3.09. The number of aryl methyl sites for hydroxylation is 1. The Hall–Kier alpha value is -3.66. The van der Waals surface area contributed by atoms with E-state index in [4.69, 9.17) is 10.2 Å². The van der Waals surface area contributed by atoms with Crippen LogP contribution in [0.5, 0.6) is 0 Å². The summed E-state index contributed by atoms with van der Waals surface area (Å²) in [5, 5.41) is 12.4. The van der Waals surface area contributed by atoms with E-state index in [-0.39, 0.29) is 23.3 Å². The van der Waals surface area contributed by atoms with Gasteiger partial charge in [0, 0.05) is 11.8 Å². The van der Waals surface area contributed by atoms with Gasteiger partial charge in [-0.15, -0.1) is 0 Å². The zero-order valence-corrected chi connectivity index (χ0v) is 12.9. The van der Waals surface area contributed by atoms with Gasteiger partial charge >= 0.3 is 0 Å². The summed E-state index contributed by atoms with van der Waals surface area (Å²) >= 11 is 0. The molecule has 0 radical (unpaired) electrons. The first-order chi connectivity index (χ1) is 11.6. The lowest BCUT2D eigenvalue weighted by atomic mass is 10.2. The van der Waals surface area contributed by atoms with E-state index in [0.717, 1.165) is 11.4 Å². The van der Waals surface area contributed by atoms with E-state index in [1.54, 1.807) is 12.1 Å². The molecule has 0 spiro atoms. The maximum Gasteiger partial charge on any atom is 0.232 e. The number of nitrogens with zero attached hydrogens (tertiary/aromatic N) is 4. The number of hydrogen-bond donors (Lipinski definition) is 2. The third-order valence-corrected chi connectivity index (χ3v) is 3.09. The topological polar surface area (TPSA) is 114 Å². The van der Waals surface area contributed by atoms with Crippen LogP contribution in [0.25, 0.3) is 11.6 Å². The average molecular weight is 318 g/mol. The molecule has 0 amide bonds. The summed E-state index contributed by atoms with van der Waals surface area (Å²) in [4.78, 5) is 12.3. The maximum absolute atomic E-state index is 9.40. The van der Waals surface area contributed by atoms with E-state index in [2.05, 4.69) is 26.3 Å². The fourth-order valence-electron chi connectivity index (χ4n) is 2.04. The zero-order chi connectivity index (χ0) is 16.9. The number of nitriles is 1. The largest absolute Gasteiger partial charge is 0.462 e. The van der Waals surface area contributed by atoms with Crippen LogP contribution in [-0.4, -0.2) is 15.0 Å². The lowest BCUT2D eigenvalue weighted by Gasteiger charge is -2.06. The summed E-state index contributed by atoms with van der Waals surface area (Å²) in [6.07, 6.45) is 1.56. The van der Waals surface area contributed by atoms with E-state index in [1.807, 2.05) is 43.3 Å². The van der Waals surface area contributed by atoms with Crippen molar-refractivity contribution in [2.24, 2.45) is 0 Å². The lowest BCUT2D eigenvalue weighted by Crippen LogP contribution is -2.06. The Morgan fingerprint density at radius 3 is 2.62 bits per heavy atom. The summed E-state index contributed by atoms with van der Waals surface area (Å²) < 4.78 is 5.45. The predicted octanol–water partition coefficient (Wildman–Crippen LogP) is 3.16. The number of anilines is 3. The Labute approximate surface area is 138 Å². The second kappa shape index (κ2) is 6.62. The third kappa shape index (κ3) is 3.56. The fourth-order valence-corrected chi connectivity index (χ4v) is 2.04. The number of para-hydroxylation sites is 1. The van der Waals surface area contributed by atoms with Crippen LogP contribution in [0.4, 0.5) is 17.6 Å². The lowest BCUT2D eigenvalue weighted by molar-refractivity contribution is 0.525. The van der Waals surface area contributed by atoms with E-state index in [9.17, 15) is 5.26 Å². The van der Waals surface area contributed by atoms with Crippen molar-refractivity contribution in [1.82, 2.24) is 15.0 Å². The highest BCUT2D eigenvalue weighted by atomic mass is 16.3. The molecule has 7 nitrogen and oxygen atoms in total. The smallest absolute Gasteiger partial charge is 0.232 e. The number of furan rings is 1. The molecule has 0 bridgehead atoms. The second-order valence-corrected chi connectivity index (χ2v) is 4.95. The van der Waals surface area contributed by atoms with Crippen LogP contribution in [0.1, 0.15) is 17.3 Å². The Bertz CT molecular complexity index is 924. The summed E-state index contributed by atoms with van der Waals surface area (Å²) in [5.74, 6) is 1.76. The van der Waals surface area contributed by atoms with Crippen LogP contribution in [0, 0.1) is 18.3 Å². The van der Waals surface area contributed by atoms with Gasteiger partial charge in [-0.05, 0) is 31.2 Å². The first kappa shape index (κ1) is 15.2. The van der Waals surface area contributed by atoms with Crippen LogP contribution in [0.2, 0.25) is 0 Å². The van der Waals surface area contributed by atoms with Crippen molar-refractivity contribution in [2.45, 2.75) is 6.92 Å². The van der Waals surface area contributed by atoms with E-state index in [0.29, 0.717) is 5.76 Å². The number of nitrogen functional groups attached to an aromatic ring is 1. The summed E-state index contributed by atoms with van der Waals surface area (Å²) in [5.41, 5.74) is 6.78. The van der Waals surface area contributed by atoms with E-state index >= 15 is 0 Å². The van der Waals surface area contributed by atoms with Crippen molar-refractivity contribution in [2.75, 3.05) is 11.1 Å². The number of aromatic nitrogens is 3. The average Bonchev–Trinajstić information content (AvgIpc) is 2.98. The number of allylic oxidation sites excluding steroid dienone is 1. The highest BCUT2D eigenvalue weighted by molar-refractivity contribution is 5.86. The molecule has 24 heavy (non-hydrogen) atoms. The van der Waals surface area contributed by atoms with Crippen LogP contribution in [0.3, 0.4) is 0 Å². The number of hydrogen-bond acceptors (Lipinski definition) is 7. The Morgan fingerprint density at radius 2 is 1.96 bits per heavy atom.